The number of hydrogen-bond acceptors (Lipinski definition) is 4. The fraction of sp³-hybridized carbons (Fsp3) is 0.556. The molecule has 1 unspecified atom stereocenters. The molecule has 122 valence electrons. The molecule has 0 radical (unpaired) electrons. The van der Waals surface area contributed by atoms with Gasteiger partial charge in [0.25, 0.3) is 0 Å². The lowest BCUT2D eigenvalue weighted by molar-refractivity contribution is 0.344. The number of hydrogen-bond donors (Lipinski definition) is 2. The van der Waals surface area contributed by atoms with Gasteiger partial charge in [-0.1, -0.05) is 19.3 Å². The molecule has 1 saturated heterocycles. The Hall–Kier alpha value is -1.88. The van der Waals surface area contributed by atoms with Crippen molar-refractivity contribution in [3.8, 4) is 11.4 Å². The van der Waals surface area contributed by atoms with E-state index in [-0.39, 0.29) is 0 Å². The summed E-state index contributed by atoms with van der Waals surface area (Å²) < 4.78 is 0. The molecule has 0 aromatic carbocycles. The van der Waals surface area contributed by atoms with Crippen LogP contribution in [0.5, 0.6) is 0 Å². The van der Waals surface area contributed by atoms with E-state index in [1.807, 2.05) is 30.6 Å². The van der Waals surface area contributed by atoms with Crippen LogP contribution in [0.15, 0.2) is 30.6 Å². The molecule has 1 aliphatic carbocycles. The molecule has 5 heteroatoms. The van der Waals surface area contributed by atoms with E-state index in [1.54, 1.807) is 0 Å². The Labute approximate surface area is 137 Å². The van der Waals surface area contributed by atoms with Crippen molar-refractivity contribution in [2.24, 2.45) is 0 Å². The smallest absolute Gasteiger partial charge is 0.225 e. The minimum absolute atomic E-state index is 0.579. The minimum atomic E-state index is 0.579. The lowest BCUT2D eigenvalue weighted by atomic mass is 9.95. The van der Waals surface area contributed by atoms with Gasteiger partial charge in [-0.25, -0.2) is 9.97 Å². The zero-order valence-corrected chi connectivity index (χ0v) is 13.5. The summed E-state index contributed by atoms with van der Waals surface area (Å²) in [6, 6.07) is 7.31. The lowest BCUT2D eigenvalue weighted by Gasteiger charge is -2.26. The van der Waals surface area contributed by atoms with Crippen molar-refractivity contribution in [1.29, 1.82) is 0 Å². The summed E-state index contributed by atoms with van der Waals surface area (Å²) in [5.74, 6) is 0.852. The minimum Gasteiger partial charge on any atom is -0.360 e. The highest BCUT2D eigenvalue weighted by Gasteiger charge is 2.27. The quantitative estimate of drug-likeness (QED) is 0.911. The van der Waals surface area contributed by atoms with Crippen molar-refractivity contribution < 1.29 is 0 Å². The molecule has 0 spiro atoms. The lowest BCUT2D eigenvalue weighted by Crippen LogP contribution is -2.41. The third kappa shape index (κ3) is 3.39. The number of nitrogens with zero attached hydrogens (tertiary/aromatic N) is 3. The maximum atomic E-state index is 4.73. The van der Waals surface area contributed by atoms with E-state index in [0.717, 1.165) is 36.5 Å². The topological polar surface area (TPSA) is 56.8 Å². The Bertz CT molecular complexity index is 618. The van der Waals surface area contributed by atoms with E-state index in [2.05, 4.69) is 20.2 Å². The monoisotopic (exact) mass is 311 g/mol. The number of aromatic nitrogens is 3. The van der Waals surface area contributed by atoms with Crippen molar-refractivity contribution >= 4 is 5.95 Å². The first kappa shape index (κ1) is 14.7. The highest BCUT2D eigenvalue weighted by molar-refractivity contribution is 5.55. The van der Waals surface area contributed by atoms with Crippen LogP contribution in [0.2, 0.25) is 0 Å². The number of H-pyrrole nitrogens is 1. The first-order valence-electron chi connectivity index (χ1n) is 8.86. The third-order valence-corrected chi connectivity index (χ3v) is 5.06. The zero-order chi connectivity index (χ0) is 15.5. The highest BCUT2D eigenvalue weighted by atomic mass is 15.3. The second-order valence-corrected chi connectivity index (χ2v) is 6.76. The van der Waals surface area contributed by atoms with E-state index in [1.165, 1.54) is 38.5 Å². The molecule has 5 nitrogen and oxygen atoms in total. The third-order valence-electron chi connectivity index (χ3n) is 5.06. The van der Waals surface area contributed by atoms with Gasteiger partial charge in [0.05, 0.1) is 11.4 Å². The Morgan fingerprint density at radius 1 is 1.09 bits per heavy atom. The molecule has 1 aliphatic heterocycles. The maximum Gasteiger partial charge on any atom is 0.225 e. The molecule has 2 aliphatic rings. The van der Waals surface area contributed by atoms with Crippen molar-refractivity contribution in [1.82, 2.24) is 20.3 Å². The van der Waals surface area contributed by atoms with Crippen LogP contribution in [0.4, 0.5) is 5.95 Å². The summed E-state index contributed by atoms with van der Waals surface area (Å²) in [5.41, 5.74) is 2.01. The average molecular weight is 311 g/mol. The van der Waals surface area contributed by atoms with Crippen molar-refractivity contribution in [3.05, 3.63) is 30.6 Å². The maximum absolute atomic E-state index is 4.73. The SMILES string of the molecule is c1c[nH]c(-c2ccnc(N3CCC(NC4CCCCC4)C3)n2)c1. The van der Waals surface area contributed by atoms with Gasteiger partial charge in [-0.3, -0.25) is 0 Å². The molecule has 3 heterocycles. The van der Waals surface area contributed by atoms with Crippen LogP contribution in [-0.4, -0.2) is 40.1 Å². The molecule has 1 atom stereocenters. The predicted octanol–water partition coefficient (Wildman–Crippen LogP) is 2.97. The zero-order valence-electron chi connectivity index (χ0n) is 13.5. The van der Waals surface area contributed by atoms with Crippen LogP contribution in [0.25, 0.3) is 11.4 Å². The van der Waals surface area contributed by atoms with E-state index >= 15 is 0 Å². The molecule has 1 saturated carbocycles. The van der Waals surface area contributed by atoms with Crippen LogP contribution in [0.1, 0.15) is 38.5 Å². The predicted molar refractivity (Wildman–Crippen MR) is 92.4 cm³/mol. The summed E-state index contributed by atoms with van der Waals surface area (Å²) in [6.45, 7) is 2.06. The number of aromatic amines is 1. The summed E-state index contributed by atoms with van der Waals surface area (Å²) in [4.78, 5) is 14.7. The van der Waals surface area contributed by atoms with Crippen LogP contribution in [0, 0.1) is 0 Å². The van der Waals surface area contributed by atoms with Gasteiger partial charge in [0.15, 0.2) is 0 Å². The Kier molecular flexibility index (Phi) is 4.28. The fourth-order valence-corrected chi connectivity index (χ4v) is 3.82. The molecule has 2 aromatic heterocycles. The molecule has 23 heavy (non-hydrogen) atoms. The second-order valence-electron chi connectivity index (χ2n) is 6.76. The number of nitrogens with one attached hydrogen (secondary N) is 2. The van der Waals surface area contributed by atoms with Gasteiger partial charge in [0.1, 0.15) is 0 Å². The average Bonchev–Trinajstić information content (AvgIpc) is 3.28. The molecular formula is C18H25N5. The van der Waals surface area contributed by atoms with Crippen molar-refractivity contribution in [2.45, 2.75) is 50.6 Å². The van der Waals surface area contributed by atoms with Gasteiger partial charge in [-0.05, 0) is 37.5 Å². The fourth-order valence-electron chi connectivity index (χ4n) is 3.82. The standard InChI is InChI=1S/C18H25N5/c1-2-5-14(6-3-1)21-15-9-12-23(13-15)18-20-11-8-17(22-18)16-7-4-10-19-16/h4,7-8,10-11,14-15,19,21H,1-3,5-6,9,12-13H2. The Morgan fingerprint density at radius 2 is 2.00 bits per heavy atom. The largest absolute Gasteiger partial charge is 0.360 e. The summed E-state index contributed by atoms with van der Waals surface area (Å²) in [5, 5.41) is 3.86. The Balaban J connectivity index is 1.40. The number of rotatable bonds is 4. The van der Waals surface area contributed by atoms with E-state index < -0.39 is 0 Å². The van der Waals surface area contributed by atoms with Crippen LogP contribution in [-0.2, 0) is 0 Å². The molecule has 2 N–H and O–H groups in total. The first-order chi connectivity index (χ1) is 11.4. The number of anilines is 1. The highest BCUT2D eigenvalue weighted by Crippen LogP contribution is 2.23. The van der Waals surface area contributed by atoms with Crippen molar-refractivity contribution in [3.63, 3.8) is 0 Å². The van der Waals surface area contributed by atoms with Gasteiger partial charge < -0.3 is 15.2 Å². The van der Waals surface area contributed by atoms with Crippen LogP contribution < -0.4 is 10.2 Å². The van der Waals surface area contributed by atoms with Gasteiger partial charge in [0, 0.05) is 37.6 Å². The summed E-state index contributed by atoms with van der Waals surface area (Å²) >= 11 is 0. The van der Waals surface area contributed by atoms with Crippen LogP contribution in [0.3, 0.4) is 0 Å². The van der Waals surface area contributed by atoms with Crippen LogP contribution >= 0.6 is 0 Å². The molecule has 4 rings (SSSR count). The van der Waals surface area contributed by atoms with Gasteiger partial charge >= 0.3 is 0 Å². The Morgan fingerprint density at radius 3 is 2.83 bits per heavy atom. The molecule has 0 amide bonds. The molecule has 2 fully saturated rings. The van der Waals surface area contributed by atoms with Crippen molar-refractivity contribution in [2.75, 3.05) is 18.0 Å². The summed E-state index contributed by atoms with van der Waals surface area (Å²) in [7, 11) is 0. The first-order valence-corrected chi connectivity index (χ1v) is 8.86. The molecule has 2 aromatic rings. The van der Waals surface area contributed by atoms with Gasteiger partial charge in [-0.2, -0.15) is 0 Å². The second kappa shape index (κ2) is 6.71. The van der Waals surface area contributed by atoms with E-state index in [0.29, 0.717) is 6.04 Å². The van der Waals surface area contributed by atoms with E-state index in [9.17, 15) is 0 Å². The molecule has 0 bridgehead atoms. The normalized spacial score (nSPS) is 22.6. The van der Waals surface area contributed by atoms with Gasteiger partial charge in [-0.15, -0.1) is 0 Å². The molecular weight excluding hydrogens is 286 g/mol. The van der Waals surface area contributed by atoms with E-state index in [4.69, 9.17) is 4.98 Å². The van der Waals surface area contributed by atoms with Gasteiger partial charge in [0.2, 0.25) is 5.95 Å². The summed E-state index contributed by atoms with van der Waals surface area (Å²) in [6.07, 6.45) is 11.8.